The Bertz CT molecular complexity index is 654. The highest BCUT2D eigenvalue weighted by Crippen LogP contribution is 2.17. The molecule has 3 N–H and O–H groups in total. The summed E-state index contributed by atoms with van der Waals surface area (Å²) in [6.07, 6.45) is 0. The maximum absolute atomic E-state index is 10.6. The molecule has 0 saturated heterocycles. The number of hydrogen-bond acceptors (Lipinski definition) is 4. The topological polar surface area (TPSA) is 90.9 Å². The van der Waals surface area contributed by atoms with E-state index in [0.29, 0.717) is 17.9 Å². The quantitative estimate of drug-likeness (QED) is 0.604. The second-order valence-electron chi connectivity index (χ2n) is 4.20. The summed E-state index contributed by atoms with van der Waals surface area (Å²) in [6, 6.07) is 0. The van der Waals surface area contributed by atoms with Crippen LogP contribution in [0.3, 0.4) is 0 Å². The van der Waals surface area contributed by atoms with E-state index in [-0.39, 0.29) is 6.61 Å². The first kappa shape index (κ1) is 13.8. The van der Waals surface area contributed by atoms with Crippen molar-refractivity contribution in [3.63, 3.8) is 0 Å². The van der Waals surface area contributed by atoms with Gasteiger partial charge in [0.1, 0.15) is 12.1 Å². The fraction of sp³-hybridized carbons (Fsp3) is 0.545. The lowest BCUT2D eigenvalue weighted by Gasteiger charge is -2.06. The van der Waals surface area contributed by atoms with Crippen LogP contribution in [0.5, 0.6) is 0 Å². The van der Waals surface area contributed by atoms with Gasteiger partial charge in [-0.1, -0.05) is 0 Å². The van der Waals surface area contributed by atoms with Crippen molar-refractivity contribution in [3.05, 3.63) is 10.5 Å². The van der Waals surface area contributed by atoms with Crippen molar-refractivity contribution in [1.82, 2.24) is 19.3 Å². The number of carbonyl (C=O) groups excluding carboxylic acids is 1. The van der Waals surface area contributed by atoms with Crippen LogP contribution in [0, 0.1) is 11.7 Å². The van der Waals surface area contributed by atoms with Gasteiger partial charge in [-0.05, 0) is 26.1 Å². The number of primary amides is 1. The van der Waals surface area contributed by atoms with Gasteiger partial charge in [-0.3, -0.25) is 9.36 Å². The van der Waals surface area contributed by atoms with Crippen LogP contribution in [0.4, 0.5) is 0 Å². The van der Waals surface area contributed by atoms with Crippen molar-refractivity contribution in [2.75, 3.05) is 13.2 Å². The molecule has 2 aromatic rings. The average Bonchev–Trinajstić information content (AvgIpc) is 2.83. The number of carbonyl (C=O) groups is 1. The van der Waals surface area contributed by atoms with Gasteiger partial charge in [0.2, 0.25) is 5.91 Å². The zero-order valence-electron chi connectivity index (χ0n) is 11.0. The lowest BCUT2D eigenvalue weighted by atomic mass is 10.4. The summed E-state index contributed by atoms with van der Waals surface area (Å²) in [5.41, 5.74) is 7.82. The van der Waals surface area contributed by atoms with E-state index in [4.69, 9.17) is 22.7 Å². The number of hydrogen-bond donors (Lipinski definition) is 2. The Morgan fingerprint density at radius 2 is 2.32 bits per heavy atom. The van der Waals surface area contributed by atoms with Gasteiger partial charge >= 0.3 is 0 Å². The molecule has 1 amide bonds. The van der Waals surface area contributed by atoms with Crippen molar-refractivity contribution in [2.24, 2.45) is 5.73 Å². The SMILES string of the molecule is CCn1nc(C)c2[nH]c(=S)n(CCOCC(N)=O)c21. The number of nitrogens with zero attached hydrogens (tertiary/aromatic N) is 3. The van der Waals surface area contributed by atoms with E-state index in [2.05, 4.69) is 10.1 Å². The number of amides is 1. The lowest BCUT2D eigenvalue weighted by Crippen LogP contribution is -2.20. The van der Waals surface area contributed by atoms with Gasteiger partial charge in [0, 0.05) is 6.54 Å². The number of H-pyrrole nitrogens is 1. The summed E-state index contributed by atoms with van der Waals surface area (Å²) in [5.74, 6) is -0.475. The van der Waals surface area contributed by atoms with E-state index in [0.717, 1.165) is 23.4 Å². The van der Waals surface area contributed by atoms with Crippen molar-refractivity contribution >= 4 is 29.3 Å². The number of fused-ring (bicyclic) bond motifs is 1. The molecule has 0 aliphatic heterocycles. The summed E-state index contributed by atoms with van der Waals surface area (Å²) in [7, 11) is 0. The maximum Gasteiger partial charge on any atom is 0.243 e. The van der Waals surface area contributed by atoms with Crippen molar-refractivity contribution < 1.29 is 9.53 Å². The monoisotopic (exact) mass is 283 g/mol. The first-order chi connectivity index (χ1) is 9.04. The van der Waals surface area contributed by atoms with Crippen molar-refractivity contribution in [2.45, 2.75) is 26.9 Å². The van der Waals surface area contributed by atoms with Crippen LogP contribution in [0.15, 0.2) is 0 Å². The molecule has 0 bridgehead atoms. The molecule has 0 fully saturated rings. The molecule has 2 aromatic heterocycles. The number of rotatable bonds is 6. The number of nitrogens with two attached hydrogens (primary N) is 1. The highest BCUT2D eigenvalue weighted by molar-refractivity contribution is 7.71. The fourth-order valence-electron chi connectivity index (χ4n) is 2.02. The number of ether oxygens (including phenoxy) is 1. The second kappa shape index (κ2) is 5.54. The predicted molar refractivity (Wildman–Crippen MR) is 73.3 cm³/mol. The summed E-state index contributed by atoms with van der Waals surface area (Å²) >= 11 is 5.29. The second-order valence-corrected chi connectivity index (χ2v) is 4.59. The molecule has 0 aliphatic rings. The van der Waals surface area contributed by atoms with Crippen LogP contribution in [-0.2, 0) is 22.6 Å². The van der Waals surface area contributed by atoms with Gasteiger partial charge in [-0.15, -0.1) is 0 Å². The van der Waals surface area contributed by atoms with Crippen LogP contribution in [0.1, 0.15) is 12.6 Å². The molecule has 104 valence electrons. The van der Waals surface area contributed by atoms with E-state index in [1.165, 1.54) is 0 Å². The first-order valence-corrected chi connectivity index (χ1v) is 6.47. The third kappa shape index (κ3) is 2.69. The molecule has 0 spiro atoms. The molecular weight excluding hydrogens is 266 g/mol. The van der Waals surface area contributed by atoms with Gasteiger partial charge in [0.05, 0.1) is 18.8 Å². The first-order valence-electron chi connectivity index (χ1n) is 6.06. The Morgan fingerprint density at radius 3 is 2.95 bits per heavy atom. The van der Waals surface area contributed by atoms with Crippen LogP contribution < -0.4 is 5.73 Å². The average molecular weight is 283 g/mol. The number of aromatic nitrogens is 4. The van der Waals surface area contributed by atoms with E-state index in [1.807, 2.05) is 23.1 Å². The predicted octanol–water partition coefficient (Wildman–Crippen LogP) is 0.726. The molecule has 2 heterocycles. The molecule has 0 radical (unpaired) electrons. The van der Waals surface area contributed by atoms with Gasteiger partial charge in [0.15, 0.2) is 10.4 Å². The lowest BCUT2D eigenvalue weighted by molar-refractivity contribution is -0.122. The molecular formula is C11H17N5O2S. The Labute approximate surface area is 115 Å². The summed E-state index contributed by atoms with van der Waals surface area (Å²) in [6.45, 7) is 5.57. The Hall–Kier alpha value is -1.67. The Morgan fingerprint density at radius 1 is 1.58 bits per heavy atom. The van der Waals surface area contributed by atoms with E-state index in [1.54, 1.807) is 0 Å². The van der Waals surface area contributed by atoms with Crippen LogP contribution >= 0.6 is 12.2 Å². The fourth-order valence-corrected chi connectivity index (χ4v) is 2.30. The van der Waals surface area contributed by atoms with E-state index < -0.39 is 5.91 Å². The number of aryl methyl sites for hydroxylation is 2. The van der Waals surface area contributed by atoms with E-state index >= 15 is 0 Å². The highest BCUT2D eigenvalue weighted by Gasteiger charge is 2.13. The zero-order valence-corrected chi connectivity index (χ0v) is 11.8. The van der Waals surface area contributed by atoms with Crippen molar-refractivity contribution in [3.8, 4) is 0 Å². The Kier molecular flexibility index (Phi) is 4.01. The standard InChI is InChI=1S/C11H17N5O2S/c1-3-16-10-9(7(2)14-16)13-11(19)15(10)4-5-18-6-8(12)17/h3-6H2,1-2H3,(H2,12,17)(H,13,19). The van der Waals surface area contributed by atoms with Gasteiger partial charge in [-0.25, -0.2) is 4.68 Å². The molecule has 0 aliphatic carbocycles. The third-order valence-corrected chi connectivity index (χ3v) is 3.16. The summed E-state index contributed by atoms with van der Waals surface area (Å²) < 4.78 is 9.61. The van der Waals surface area contributed by atoms with Crippen LogP contribution in [0.25, 0.3) is 11.2 Å². The van der Waals surface area contributed by atoms with Gasteiger partial charge in [0.25, 0.3) is 0 Å². The Balaban J connectivity index is 2.24. The van der Waals surface area contributed by atoms with Crippen LogP contribution in [-0.4, -0.2) is 38.5 Å². The molecule has 0 unspecified atom stereocenters. The van der Waals surface area contributed by atoms with E-state index in [9.17, 15) is 4.79 Å². The summed E-state index contributed by atoms with van der Waals surface area (Å²) in [4.78, 5) is 13.7. The van der Waals surface area contributed by atoms with Gasteiger partial charge in [-0.2, -0.15) is 5.10 Å². The minimum Gasteiger partial charge on any atom is -0.370 e. The minimum atomic E-state index is -0.475. The number of imidazole rings is 1. The smallest absolute Gasteiger partial charge is 0.243 e. The molecule has 0 atom stereocenters. The number of aromatic amines is 1. The maximum atomic E-state index is 10.6. The zero-order chi connectivity index (χ0) is 14.0. The third-order valence-electron chi connectivity index (χ3n) is 2.84. The van der Waals surface area contributed by atoms with Crippen molar-refractivity contribution in [1.29, 1.82) is 0 Å². The van der Waals surface area contributed by atoms with Crippen LogP contribution in [0.2, 0.25) is 0 Å². The highest BCUT2D eigenvalue weighted by atomic mass is 32.1. The number of nitrogens with one attached hydrogen (secondary N) is 1. The summed E-state index contributed by atoms with van der Waals surface area (Å²) in [5, 5.41) is 4.43. The normalized spacial score (nSPS) is 11.3. The molecule has 0 aromatic carbocycles. The largest absolute Gasteiger partial charge is 0.370 e. The molecule has 8 heteroatoms. The molecule has 0 saturated carbocycles. The molecule has 7 nitrogen and oxygen atoms in total. The minimum absolute atomic E-state index is 0.0764. The molecule has 19 heavy (non-hydrogen) atoms. The molecule has 2 rings (SSSR count). The van der Waals surface area contributed by atoms with Gasteiger partial charge < -0.3 is 15.5 Å².